The molecule has 144 valence electrons. The van der Waals surface area contributed by atoms with E-state index in [1.165, 1.54) is 0 Å². The third-order valence-corrected chi connectivity index (χ3v) is 5.19. The van der Waals surface area contributed by atoms with Gasteiger partial charge in [0.1, 0.15) is 23.3 Å². The largest absolute Gasteiger partial charge is 0.507 e. The Morgan fingerprint density at radius 1 is 1.19 bits per heavy atom. The molecule has 0 saturated carbocycles. The standard InChI is InChI=1S/C18H17I2NO6/c1-9-4-10(6-14(21)18(25)26-8-16(23)24)5-13(20)17(9)27-11-2-3-15(22)12(19)7-11/h2-5,7,14,22H,6,8,21H2,1H3,(H,23,24)/t14-/m0/s1. The molecule has 0 aromatic heterocycles. The Morgan fingerprint density at radius 3 is 2.48 bits per heavy atom. The van der Waals surface area contributed by atoms with Gasteiger partial charge >= 0.3 is 11.9 Å². The lowest BCUT2D eigenvalue weighted by Crippen LogP contribution is -2.35. The van der Waals surface area contributed by atoms with E-state index in [1.54, 1.807) is 18.2 Å². The number of esters is 1. The van der Waals surface area contributed by atoms with E-state index in [0.29, 0.717) is 15.1 Å². The van der Waals surface area contributed by atoms with Gasteiger partial charge in [-0.1, -0.05) is 6.07 Å². The summed E-state index contributed by atoms with van der Waals surface area (Å²) in [5, 5.41) is 18.1. The Hall–Kier alpha value is -1.60. The summed E-state index contributed by atoms with van der Waals surface area (Å²) in [6.07, 6.45) is 0.215. The molecule has 0 unspecified atom stereocenters. The molecule has 7 nitrogen and oxygen atoms in total. The van der Waals surface area contributed by atoms with Crippen LogP contribution in [0.25, 0.3) is 0 Å². The second-order valence-corrected chi connectivity index (χ2v) is 8.08. The maximum absolute atomic E-state index is 11.7. The second kappa shape index (κ2) is 9.55. The fourth-order valence-corrected chi connectivity index (χ4v) is 3.72. The van der Waals surface area contributed by atoms with Crippen molar-refractivity contribution in [1.29, 1.82) is 0 Å². The molecule has 0 radical (unpaired) electrons. The molecule has 0 amide bonds. The van der Waals surface area contributed by atoms with Crippen LogP contribution in [0.4, 0.5) is 0 Å². The number of aromatic hydroxyl groups is 1. The number of hydrogen-bond donors (Lipinski definition) is 3. The molecule has 0 aliphatic carbocycles. The SMILES string of the molecule is Cc1cc(C[C@H](N)C(=O)OCC(=O)O)cc(I)c1Oc1ccc(O)c(I)c1. The molecule has 0 bridgehead atoms. The van der Waals surface area contributed by atoms with Crippen molar-refractivity contribution in [1.82, 2.24) is 0 Å². The first-order valence-corrected chi connectivity index (χ1v) is 9.92. The van der Waals surface area contributed by atoms with Gasteiger partial charge in [-0.05, 0) is 93.9 Å². The number of aliphatic carboxylic acids is 1. The van der Waals surface area contributed by atoms with Gasteiger partial charge in [0.25, 0.3) is 0 Å². The van der Waals surface area contributed by atoms with Gasteiger partial charge in [-0.2, -0.15) is 0 Å². The zero-order valence-corrected chi connectivity index (χ0v) is 18.6. The normalized spacial score (nSPS) is 11.7. The Morgan fingerprint density at radius 2 is 1.89 bits per heavy atom. The Kier molecular flexibility index (Phi) is 7.68. The van der Waals surface area contributed by atoms with E-state index in [1.807, 2.05) is 41.6 Å². The van der Waals surface area contributed by atoms with Crippen molar-refractivity contribution in [2.45, 2.75) is 19.4 Å². The summed E-state index contributed by atoms with van der Waals surface area (Å²) in [7, 11) is 0. The molecule has 9 heteroatoms. The molecule has 0 aliphatic heterocycles. The van der Waals surface area contributed by atoms with Gasteiger partial charge in [-0.3, -0.25) is 4.79 Å². The van der Waals surface area contributed by atoms with Crippen molar-refractivity contribution in [3.63, 3.8) is 0 Å². The number of halogens is 2. The van der Waals surface area contributed by atoms with Gasteiger partial charge in [-0.15, -0.1) is 0 Å². The fraction of sp³-hybridized carbons (Fsp3) is 0.222. The molecule has 0 heterocycles. The van der Waals surface area contributed by atoms with Crippen LogP contribution in [0.1, 0.15) is 11.1 Å². The fourth-order valence-electron chi connectivity index (χ4n) is 2.30. The van der Waals surface area contributed by atoms with Crippen molar-refractivity contribution in [3.05, 3.63) is 48.6 Å². The molecule has 2 aromatic rings. The summed E-state index contributed by atoms with van der Waals surface area (Å²) in [4.78, 5) is 22.2. The number of hydrogen-bond acceptors (Lipinski definition) is 6. The Labute approximate surface area is 183 Å². The number of aryl methyl sites for hydroxylation is 1. The van der Waals surface area contributed by atoms with Gasteiger partial charge in [0.15, 0.2) is 6.61 Å². The number of phenolic OH excluding ortho intramolecular Hbond substituents is 1. The summed E-state index contributed by atoms with van der Waals surface area (Å²) >= 11 is 4.15. The highest BCUT2D eigenvalue weighted by molar-refractivity contribution is 14.1. The maximum Gasteiger partial charge on any atom is 0.341 e. The van der Waals surface area contributed by atoms with Crippen LogP contribution in [0.3, 0.4) is 0 Å². The molecule has 27 heavy (non-hydrogen) atoms. The average molecular weight is 597 g/mol. The summed E-state index contributed by atoms with van der Waals surface area (Å²) in [6, 6.07) is 7.72. The number of carboxylic acids is 1. The van der Waals surface area contributed by atoms with E-state index in [4.69, 9.17) is 15.6 Å². The zero-order chi connectivity index (χ0) is 20.1. The summed E-state index contributed by atoms with van der Waals surface area (Å²) in [6.45, 7) is 1.17. The molecule has 1 atom stereocenters. The molecule has 0 saturated heterocycles. The second-order valence-electron chi connectivity index (χ2n) is 5.75. The van der Waals surface area contributed by atoms with E-state index in [2.05, 4.69) is 27.3 Å². The Balaban J connectivity index is 2.12. The van der Waals surface area contributed by atoms with Crippen LogP contribution in [0, 0.1) is 14.1 Å². The van der Waals surface area contributed by atoms with Gasteiger partial charge in [0.05, 0.1) is 7.14 Å². The van der Waals surface area contributed by atoms with Gasteiger partial charge in [-0.25, -0.2) is 4.79 Å². The van der Waals surface area contributed by atoms with Crippen LogP contribution in [0.2, 0.25) is 0 Å². The van der Waals surface area contributed by atoms with Crippen LogP contribution < -0.4 is 10.5 Å². The van der Waals surface area contributed by atoms with Crippen molar-refractivity contribution >= 4 is 57.1 Å². The van der Waals surface area contributed by atoms with Gasteiger partial charge in [0, 0.05) is 0 Å². The monoisotopic (exact) mass is 597 g/mol. The van der Waals surface area contributed by atoms with Crippen LogP contribution >= 0.6 is 45.2 Å². The van der Waals surface area contributed by atoms with E-state index in [0.717, 1.165) is 14.7 Å². The van der Waals surface area contributed by atoms with E-state index in [9.17, 15) is 14.7 Å². The highest BCUT2D eigenvalue weighted by Gasteiger charge is 2.18. The number of carbonyl (C=O) groups excluding carboxylic acids is 1. The van der Waals surface area contributed by atoms with Crippen LogP contribution in [0.15, 0.2) is 30.3 Å². The first-order chi connectivity index (χ1) is 12.7. The lowest BCUT2D eigenvalue weighted by molar-refractivity contribution is -0.156. The number of carbonyl (C=O) groups is 2. The van der Waals surface area contributed by atoms with Crippen molar-refractivity contribution in [3.8, 4) is 17.2 Å². The third-order valence-electron chi connectivity index (χ3n) is 3.52. The number of ether oxygens (including phenoxy) is 2. The minimum absolute atomic E-state index is 0.188. The zero-order valence-electron chi connectivity index (χ0n) is 14.2. The van der Waals surface area contributed by atoms with E-state index in [-0.39, 0.29) is 12.2 Å². The highest BCUT2D eigenvalue weighted by atomic mass is 127. The predicted molar refractivity (Wildman–Crippen MR) is 115 cm³/mol. The van der Waals surface area contributed by atoms with Crippen molar-refractivity contribution < 1.29 is 29.3 Å². The van der Waals surface area contributed by atoms with E-state index < -0.39 is 24.6 Å². The average Bonchev–Trinajstić information content (AvgIpc) is 2.59. The maximum atomic E-state index is 11.7. The first-order valence-electron chi connectivity index (χ1n) is 7.76. The minimum Gasteiger partial charge on any atom is -0.507 e. The van der Waals surface area contributed by atoms with Crippen LogP contribution in [-0.4, -0.2) is 34.8 Å². The number of nitrogens with two attached hydrogens (primary N) is 1. The lowest BCUT2D eigenvalue weighted by Gasteiger charge is -2.15. The molecule has 4 N–H and O–H groups in total. The van der Waals surface area contributed by atoms with Crippen molar-refractivity contribution in [2.24, 2.45) is 5.73 Å². The van der Waals surface area contributed by atoms with Crippen LogP contribution in [0.5, 0.6) is 17.2 Å². The number of benzene rings is 2. The third kappa shape index (κ3) is 6.21. The Bertz CT molecular complexity index is 848. The summed E-state index contributed by atoms with van der Waals surface area (Å²) in [5.74, 6) is -0.535. The lowest BCUT2D eigenvalue weighted by atomic mass is 10.0. The highest BCUT2D eigenvalue weighted by Crippen LogP contribution is 2.33. The van der Waals surface area contributed by atoms with E-state index >= 15 is 0 Å². The van der Waals surface area contributed by atoms with Gasteiger partial charge in [0.2, 0.25) is 0 Å². The molecule has 2 rings (SSSR count). The molecular formula is C18H17I2NO6. The number of phenols is 1. The van der Waals surface area contributed by atoms with Crippen molar-refractivity contribution in [2.75, 3.05) is 6.61 Å². The molecular weight excluding hydrogens is 580 g/mol. The smallest absolute Gasteiger partial charge is 0.341 e. The molecule has 0 fully saturated rings. The minimum atomic E-state index is -1.23. The van der Waals surface area contributed by atoms with Crippen LogP contribution in [-0.2, 0) is 20.7 Å². The summed E-state index contributed by atoms with van der Waals surface area (Å²) < 4.78 is 12.1. The number of rotatable bonds is 7. The first kappa shape index (κ1) is 21.7. The van der Waals surface area contributed by atoms with Gasteiger partial charge < -0.3 is 25.4 Å². The topological polar surface area (TPSA) is 119 Å². The summed E-state index contributed by atoms with van der Waals surface area (Å²) in [5.41, 5.74) is 7.46. The predicted octanol–water partition coefficient (Wildman–Crippen LogP) is 3.20. The molecule has 0 aliphatic rings. The molecule has 2 aromatic carbocycles. The molecule has 0 spiro atoms. The quantitative estimate of drug-likeness (QED) is 0.332. The number of carboxylic acid groups (broad SMARTS) is 1.